The van der Waals surface area contributed by atoms with Gasteiger partial charge in [-0.05, 0) is 28.4 Å². The number of carboxylic acids is 1. The number of hydrogen-bond acceptors (Lipinski definition) is 2. The van der Waals surface area contributed by atoms with Crippen molar-refractivity contribution in [1.29, 1.82) is 0 Å². The maximum Gasteiger partial charge on any atom is 0.303 e. The Bertz CT molecular complexity index is 257. The van der Waals surface area contributed by atoms with Crippen molar-refractivity contribution in [3.05, 3.63) is 20.8 Å². The van der Waals surface area contributed by atoms with Crippen LogP contribution in [-0.2, 0) is 11.2 Å². The van der Waals surface area contributed by atoms with E-state index in [9.17, 15) is 4.79 Å². The van der Waals surface area contributed by atoms with Crippen LogP contribution in [0.2, 0.25) is 0 Å². The molecule has 0 aromatic carbocycles. The lowest BCUT2D eigenvalue weighted by Crippen LogP contribution is -1.95. The van der Waals surface area contributed by atoms with Crippen molar-refractivity contribution in [1.82, 2.24) is 0 Å². The summed E-state index contributed by atoms with van der Waals surface area (Å²) in [6.07, 6.45) is 0.846. The Hall–Kier alpha value is -0.350. The molecule has 0 aliphatic heterocycles. The number of hydrogen-bond donors (Lipinski definition) is 1. The van der Waals surface area contributed by atoms with Crippen molar-refractivity contribution in [2.75, 3.05) is 0 Å². The Labute approximate surface area is 77.0 Å². The van der Waals surface area contributed by atoms with E-state index in [1.807, 2.05) is 11.4 Å². The molecule has 0 radical (unpaired) electrons. The molecule has 1 heterocycles. The SMILES string of the molecule is O=C(O)CCc1cc(Br)cs1. The van der Waals surface area contributed by atoms with E-state index in [1.165, 1.54) is 0 Å². The molecule has 0 atom stereocenters. The van der Waals surface area contributed by atoms with Crippen LogP contribution in [0.25, 0.3) is 0 Å². The summed E-state index contributed by atoms with van der Waals surface area (Å²) in [5, 5.41) is 10.3. The van der Waals surface area contributed by atoms with E-state index in [0.29, 0.717) is 6.42 Å². The fraction of sp³-hybridized carbons (Fsp3) is 0.286. The third kappa shape index (κ3) is 3.03. The standard InChI is InChI=1S/C7H7BrO2S/c8-5-3-6(11-4-5)1-2-7(9)10/h3-4H,1-2H2,(H,9,10). The predicted octanol–water partition coefficient (Wildman–Crippen LogP) is 2.53. The van der Waals surface area contributed by atoms with Gasteiger partial charge in [0, 0.05) is 14.7 Å². The van der Waals surface area contributed by atoms with Gasteiger partial charge in [-0.25, -0.2) is 0 Å². The summed E-state index contributed by atoms with van der Waals surface area (Å²) in [5.41, 5.74) is 0. The summed E-state index contributed by atoms with van der Waals surface area (Å²) in [5.74, 6) is -0.741. The zero-order chi connectivity index (χ0) is 8.27. The third-order valence-electron chi connectivity index (χ3n) is 1.21. The van der Waals surface area contributed by atoms with Gasteiger partial charge in [0.25, 0.3) is 0 Å². The Morgan fingerprint density at radius 2 is 2.45 bits per heavy atom. The van der Waals surface area contributed by atoms with Crippen molar-refractivity contribution in [2.24, 2.45) is 0 Å². The van der Waals surface area contributed by atoms with Crippen molar-refractivity contribution in [3.63, 3.8) is 0 Å². The highest BCUT2D eigenvalue weighted by Crippen LogP contribution is 2.20. The van der Waals surface area contributed by atoms with Crippen LogP contribution in [0.5, 0.6) is 0 Å². The van der Waals surface area contributed by atoms with Crippen molar-refractivity contribution in [3.8, 4) is 0 Å². The molecule has 0 fully saturated rings. The fourth-order valence-corrected chi connectivity index (χ4v) is 2.17. The first-order chi connectivity index (χ1) is 5.18. The minimum Gasteiger partial charge on any atom is -0.481 e. The summed E-state index contributed by atoms with van der Waals surface area (Å²) in [6.45, 7) is 0. The molecule has 0 aliphatic carbocycles. The van der Waals surface area contributed by atoms with Gasteiger partial charge in [0.05, 0.1) is 6.42 Å². The molecule has 4 heteroatoms. The molecule has 1 aromatic heterocycles. The van der Waals surface area contributed by atoms with E-state index in [4.69, 9.17) is 5.11 Å². The highest BCUT2D eigenvalue weighted by molar-refractivity contribution is 9.10. The molecular weight excluding hydrogens is 228 g/mol. The second kappa shape index (κ2) is 3.88. The lowest BCUT2D eigenvalue weighted by Gasteiger charge is -1.89. The summed E-state index contributed by atoms with van der Waals surface area (Å²) < 4.78 is 1.03. The summed E-state index contributed by atoms with van der Waals surface area (Å²) in [4.78, 5) is 11.3. The van der Waals surface area contributed by atoms with Crippen LogP contribution in [0.4, 0.5) is 0 Å². The molecule has 0 amide bonds. The zero-order valence-electron chi connectivity index (χ0n) is 5.71. The van der Waals surface area contributed by atoms with Gasteiger partial charge in [0.1, 0.15) is 0 Å². The molecule has 0 unspecified atom stereocenters. The molecule has 1 aromatic rings. The van der Waals surface area contributed by atoms with E-state index in [2.05, 4.69) is 15.9 Å². The van der Waals surface area contributed by atoms with Gasteiger partial charge >= 0.3 is 5.97 Å². The summed E-state index contributed by atoms with van der Waals surface area (Å²) in [7, 11) is 0. The van der Waals surface area contributed by atoms with Crippen LogP contribution in [0.3, 0.4) is 0 Å². The first-order valence-corrected chi connectivity index (χ1v) is 4.80. The predicted molar refractivity (Wildman–Crippen MR) is 48.0 cm³/mol. The van der Waals surface area contributed by atoms with Crippen LogP contribution in [0.1, 0.15) is 11.3 Å². The lowest BCUT2D eigenvalue weighted by atomic mass is 10.3. The number of thiophene rings is 1. The van der Waals surface area contributed by atoms with Gasteiger partial charge in [0.2, 0.25) is 0 Å². The minimum atomic E-state index is -0.741. The molecular formula is C7H7BrO2S. The van der Waals surface area contributed by atoms with Gasteiger partial charge in [-0.15, -0.1) is 11.3 Å². The van der Waals surface area contributed by atoms with E-state index in [-0.39, 0.29) is 6.42 Å². The molecule has 60 valence electrons. The number of rotatable bonds is 3. The topological polar surface area (TPSA) is 37.3 Å². The molecule has 0 saturated heterocycles. The van der Waals surface area contributed by atoms with E-state index < -0.39 is 5.97 Å². The van der Waals surface area contributed by atoms with Gasteiger partial charge in [-0.1, -0.05) is 0 Å². The van der Waals surface area contributed by atoms with Gasteiger partial charge in [-0.3, -0.25) is 4.79 Å². The molecule has 1 rings (SSSR count). The normalized spacial score (nSPS) is 9.91. The van der Waals surface area contributed by atoms with Crippen LogP contribution in [0, 0.1) is 0 Å². The highest BCUT2D eigenvalue weighted by atomic mass is 79.9. The van der Waals surface area contributed by atoms with Gasteiger partial charge in [0.15, 0.2) is 0 Å². The largest absolute Gasteiger partial charge is 0.481 e. The third-order valence-corrected chi connectivity index (χ3v) is 2.96. The molecule has 1 N–H and O–H groups in total. The maximum atomic E-state index is 10.2. The van der Waals surface area contributed by atoms with Crippen molar-refractivity contribution < 1.29 is 9.90 Å². The average Bonchev–Trinajstić information content (AvgIpc) is 2.31. The van der Waals surface area contributed by atoms with Crippen LogP contribution >= 0.6 is 27.3 Å². The molecule has 0 saturated carbocycles. The number of halogens is 1. The van der Waals surface area contributed by atoms with Crippen LogP contribution in [-0.4, -0.2) is 11.1 Å². The summed E-state index contributed by atoms with van der Waals surface area (Å²) in [6, 6.07) is 1.95. The number of carbonyl (C=O) groups is 1. The highest BCUT2D eigenvalue weighted by Gasteiger charge is 2.00. The molecule has 2 nitrogen and oxygen atoms in total. The Morgan fingerprint density at radius 3 is 2.91 bits per heavy atom. The zero-order valence-corrected chi connectivity index (χ0v) is 8.11. The lowest BCUT2D eigenvalue weighted by molar-refractivity contribution is -0.136. The number of carboxylic acid groups (broad SMARTS) is 1. The first-order valence-electron chi connectivity index (χ1n) is 3.13. The number of aryl methyl sites for hydroxylation is 1. The second-order valence-electron chi connectivity index (χ2n) is 2.12. The van der Waals surface area contributed by atoms with Crippen molar-refractivity contribution >= 4 is 33.2 Å². The molecule has 0 aliphatic rings. The maximum absolute atomic E-state index is 10.2. The average molecular weight is 235 g/mol. The number of aliphatic carboxylic acids is 1. The van der Waals surface area contributed by atoms with Crippen molar-refractivity contribution in [2.45, 2.75) is 12.8 Å². The van der Waals surface area contributed by atoms with E-state index >= 15 is 0 Å². The quantitative estimate of drug-likeness (QED) is 0.873. The Balaban J connectivity index is 2.45. The molecule has 0 bridgehead atoms. The second-order valence-corrected chi connectivity index (χ2v) is 4.04. The van der Waals surface area contributed by atoms with Crippen LogP contribution in [0.15, 0.2) is 15.9 Å². The summed E-state index contributed by atoms with van der Waals surface area (Å²) >= 11 is 4.88. The van der Waals surface area contributed by atoms with Crippen LogP contribution < -0.4 is 0 Å². The van der Waals surface area contributed by atoms with Gasteiger partial charge in [-0.2, -0.15) is 0 Å². The Kier molecular flexibility index (Phi) is 3.08. The molecule has 11 heavy (non-hydrogen) atoms. The fourth-order valence-electron chi connectivity index (χ4n) is 0.715. The first kappa shape index (κ1) is 8.74. The Morgan fingerprint density at radius 1 is 1.73 bits per heavy atom. The van der Waals surface area contributed by atoms with Gasteiger partial charge < -0.3 is 5.11 Å². The smallest absolute Gasteiger partial charge is 0.303 e. The van der Waals surface area contributed by atoms with E-state index in [1.54, 1.807) is 11.3 Å². The monoisotopic (exact) mass is 234 g/mol. The minimum absolute atomic E-state index is 0.215. The van der Waals surface area contributed by atoms with E-state index in [0.717, 1.165) is 9.35 Å². The molecule has 0 spiro atoms.